The van der Waals surface area contributed by atoms with Crippen molar-refractivity contribution in [3.63, 3.8) is 0 Å². The Labute approximate surface area is 142 Å². The Kier molecular flexibility index (Phi) is 15.1. The van der Waals surface area contributed by atoms with Gasteiger partial charge in [0, 0.05) is 0 Å². The molecule has 1 unspecified atom stereocenters. The standard InChI is InChI=1S/C19H36O4/c1-3-4-5-6-7-8-9-10-11-12-13-14-15-17(2)23-19(22)16-18(20)21/h17H,3-16H2,1-2H3,(H,20,21). The molecule has 0 aliphatic heterocycles. The zero-order chi connectivity index (χ0) is 17.3. The second kappa shape index (κ2) is 15.8. The molecule has 4 heteroatoms. The SMILES string of the molecule is CCCCCCCCCCCCCCC(C)OC(=O)CC(=O)O. The summed E-state index contributed by atoms with van der Waals surface area (Å²) < 4.78 is 5.04. The van der Waals surface area contributed by atoms with Gasteiger partial charge in [-0.2, -0.15) is 0 Å². The molecule has 0 aromatic heterocycles. The lowest BCUT2D eigenvalue weighted by Gasteiger charge is -2.12. The van der Waals surface area contributed by atoms with E-state index in [0.717, 1.165) is 19.3 Å². The minimum absolute atomic E-state index is 0.176. The lowest BCUT2D eigenvalue weighted by atomic mass is 10.0. The Morgan fingerprint density at radius 2 is 1.26 bits per heavy atom. The van der Waals surface area contributed by atoms with Crippen LogP contribution in [0.1, 0.15) is 104 Å². The van der Waals surface area contributed by atoms with E-state index >= 15 is 0 Å². The Hall–Kier alpha value is -1.06. The summed E-state index contributed by atoms with van der Waals surface area (Å²) in [7, 11) is 0. The third-order valence-electron chi connectivity index (χ3n) is 4.09. The Balaban J connectivity index is 3.26. The van der Waals surface area contributed by atoms with Crippen LogP contribution in [0.15, 0.2) is 0 Å². The van der Waals surface area contributed by atoms with Gasteiger partial charge in [0.25, 0.3) is 0 Å². The number of carbonyl (C=O) groups is 2. The molecule has 0 amide bonds. The van der Waals surface area contributed by atoms with Gasteiger partial charge in [-0.1, -0.05) is 77.6 Å². The van der Waals surface area contributed by atoms with Gasteiger partial charge in [0.2, 0.25) is 0 Å². The molecule has 0 radical (unpaired) electrons. The summed E-state index contributed by atoms with van der Waals surface area (Å²) in [4.78, 5) is 21.5. The van der Waals surface area contributed by atoms with Crippen LogP contribution in [0.2, 0.25) is 0 Å². The van der Waals surface area contributed by atoms with Gasteiger partial charge in [0.1, 0.15) is 6.42 Å². The molecule has 0 rings (SSSR count). The van der Waals surface area contributed by atoms with E-state index in [9.17, 15) is 9.59 Å². The number of rotatable bonds is 16. The predicted molar refractivity (Wildman–Crippen MR) is 93.5 cm³/mol. The number of carbonyl (C=O) groups excluding carboxylic acids is 1. The third-order valence-corrected chi connectivity index (χ3v) is 4.09. The average molecular weight is 328 g/mol. The van der Waals surface area contributed by atoms with Crippen LogP contribution >= 0.6 is 0 Å². The fraction of sp³-hybridized carbons (Fsp3) is 0.895. The van der Waals surface area contributed by atoms with E-state index < -0.39 is 18.4 Å². The van der Waals surface area contributed by atoms with Gasteiger partial charge in [0.05, 0.1) is 6.10 Å². The Morgan fingerprint density at radius 3 is 1.70 bits per heavy atom. The molecule has 1 atom stereocenters. The number of carboxylic acids is 1. The maximum absolute atomic E-state index is 11.2. The first kappa shape index (κ1) is 21.9. The van der Waals surface area contributed by atoms with Crippen molar-refractivity contribution in [2.45, 2.75) is 110 Å². The second-order valence-electron chi connectivity index (χ2n) is 6.55. The summed E-state index contributed by atoms with van der Waals surface area (Å²) in [5.41, 5.74) is 0. The third kappa shape index (κ3) is 17.1. The second-order valence-corrected chi connectivity index (χ2v) is 6.55. The highest BCUT2D eigenvalue weighted by Gasteiger charge is 2.12. The highest BCUT2D eigenvalue weighted by molar-refractivity contribution is 5.90. The number of ether oxygens (including phenoxy) is 1. The molecule has 136 valence electrons. The minimum Gasteiger partial charge on any atom is -0.481 e. The first-order valence-corrected chi connectivity index (χ1v) is 9.47. The zero-order valence-corrected chi connectivity index (χ0v) is 15.1. The van der Waals surface area contributed by atoms with Crippen LogP contribution in [0.5, 0.6) is 0 Å². The number of aliphatic carboxylic acids is 1. The van der Waals surface area contributed by atoms with Crippen LogP contribution in [0.4, 0.5) is 0 Å². The monoisotopic (exact) mass is 328 g/mol. The predicted octanol–water partition coefficient (Wildman–Crippen LogP) is 5.48. The summed E-state index contributed by atoms with van der Waals surface area (Å²) in [5.74, 6) is -1.77. The van der Waals surface area contributed by atoms with Crippen molar-refractivity contribution in [1.29, 1.82) is 0 Å². The summed E-state index contributed by atoms with van der Waals surface area (Å²) in [6.07, 6.45) is 15.8. The van der Waals surface area contributed by atoms with Gasteiger partial charge in [-0.3, -0.25) is 9.59 Å². The molecule has 0 fully saturated rings. The van der Waals surface area contributed by atoms with Gasteiger partial charge in [-0.25, -0.2) is 0 Å². The minimum atomic E-state index is -1.13. The van der Waals surface area contributed by atoms with E-state index in [1.165, 1.54) is 64.2 Å². The molecule has 0 heterocycles. The molecular formula is C19H36O4. The Morgan fingerprint density at radius 1 is 0.826 bits per heavy atom. The molecule has 0 spiro atoms. The van der Waals surface area contributed by atoms with Crippen LogP contribution < -0.4 is 0 Å². The van der Waals surface area contributed by atoms with Crippen LogP contribution in [0, 0.1) is 0 Å². The van der Waals surface area contributed by atoms with Gasteiger partial charge >= 0.3 is 11.9 Å². The molecule has 0 aliphatic rings. The highest BCUT2D eigenvalue weighted by Crippen LogP contribution is 2.13. The van der Waals surface area contributed by atoms with Crippen molar-refractivity contribution in [2.75, 3.05) is 0 Å². The molecule has 4 nitrogen and oxygen atoms in total. The van der Waals surface area contributed by atoms with E-state index in [0.29, 0.717) is 0 Å². The highest BCUT2D eigenvalue weighted by atomic mass is 16.5. The fourth-order valence-corrected chi connectivity index (χ4v) is 2.72. The van der Waals surface area contributed by atoms with Crippen molar-refractivity contribution in [1.82, 2.24) is 0 Å². The van der Waals surface area contributed by atoms with Gasteiger partial charge in [-0.05, 0) is 19.8 Å². The maximum Gasteiger partial charge on any atom is 0.317 e. The molecule has 0 aliphatic carbocycles. The molecule has 0 aromatic carbocycles. The van der Waals surface area contributed by atoms with Crippen molar-refractivity contribution >= 4 is 11.9 Å². The van der Waals surface area contributed by atoms with Crippen molar-refractivity contribution in [3.05, 3.63) is 0 Å². The van der Waals surface area contributed by atoms with Crippen molar-refractivity contribution < 1.29 is 19.4 Å². The largest absolute Gasteiger partial charge is 0.481 e. The first-order chi connectivity index (χ1) is 11.1. The first-order valence-electron chi connectivity index (χ1n) is 9.47. The van der Waals surface area contributed by atoms with E-state index in [4.69, 9.17) is 9.84 Å². The summed E-state index contributed by atoms with van der Waals surface area (Å²) in [6, 6.07) is 0. The van der Waals surface area contributed by atoms with E-state index in [1.54, 1.807) is 0 Å². The lowest BCUT2D eigenvalue weighted by Crippen LogP contribution is -2.17. The zero-order valence-electron chi connectivity index (χ0n) is 15.1. The number of unbranched alkanes of at least 4 members (excludes halogenated alkanes) is 11. The van der Waals surface area contributed by atoms with Crippen LogP contribution in [0.25, 0.3) is 0 Å². The van der Waals surface area contributed by atoms with Gasteiger partial charge < -0.3 is 9.84 Å². The van der Waals surface area contributed by atoms with E-state index in [-0.39, 0.29) is 6.10 Å². The summed E-state index contributed by atoms with van der Waals surface area (Å²) in [5, 5.41) is 8.48. The molecule has 1 N–H and O–H groups in total. The van der Waals surface area contributed by atoms with E-state index in [1.807, 2.05) is 6.92 Å². The summed E-state index contributed by atoms with van der Waals surface area (Å²) >= 11 is 0. The Bertz CT molecular complexity index is 302. The molecule has 23 heavy (non-hydrogen) atoms. The smallest absolute Gasteiger partial charge is 0.317 e. The molecular weight excluding hydrogens is 292 g/mol. The fourth-order valence-electron chi connectivity index (χ4n) is 2.72. The number of esters is 1. The maximum atomic E-state index is 11.2. The number of carboxylic acid groups (broad SMARTS) is 1. The van der Waals surface area contributed by atoms with Crippen LogP contribution in [-0.4, -0.2) is 23.1 Å². The van der Waals surface area contributed by atoms with Crippen LogP contribution in [0.3, 0.4) is 0 Å². The van der Waals surface area contributed by atoms with Crippen LogP contribution in [-0.2, 0) is 14.3 Å². The molecule has 0 bridgehead atoms. The number of hydrogen-bond acceptors (Lipinski definition) is 3. The molecule has 0 saturated carbocycles. The lowest BCUT2D eigenvalue weighted by molar-refractivity contribution is -0.154. The number of hydrogen-bond donors (Lipinski definition) is 1. The quantitative estimate of drug-likeness (QED) is 0.231. The topological polar surface area (TPSA) is 63.6 Å². The average Bonchev–Trinajstić information content (AvgIpc) is 2.47. The molecule has 0 aromatic rings. The summed E-state index contributed by atoms with van der Waals surface area (Å²) in [6.45, 7) is 4.08. The van der Waals surface area contributed by atoms with Crippen molar-refractivity contribution in [3.8, 4) is 0 Å². The van der Waals surface area contributed by atoms with E-state index in [2.05, 4.69) is 6.92 Å². The van der Waals surface area contributed by atoms with Crippen molar-refractivity contribution in [2.24, 2.45) is 0 Å². The molecule has 0 saturated heterocycles. The van der Waals surface area contributed by atoms with Gasteiger partial charge in [-0.15, -0.1) is 0 Å². The van der Waals surface area contributed by atoms with Gasteiger partial charge in [0.15, 0.2) is 0 Å². The normalized spacial score (nSPS) is 12.1.